The van der Waals surface area contributed by atoms with E-state index in [0.29, 0.717) is 16.8 Å². The van der Waals surface area contributed by atoms with Crippen LogP contribution in [0.3, 0.4) is 0 Å². The summed E-state index contributed by atoms with van der Waals surface area (Å²) in [6.45, 7) is 1.67. The topological polar surface area (TPSA) is 113 Å². The van der Waals surface area contributed by atoms with Crippen LogP contribution in [0.5, 0.6) is 0 Å². The van der Waals surface area contributed by atoms with Crippen LogP contribution in [-0.4, -0.2) is 14.3 Å². The number of nitriles is 1. The number of nitrogens with zero attached hydrogens (tertiary/aromatic N) is 1. The van der Waals surface area contributed by atoms with Crippen LogP contribution in [0.2, 0.25) is 0 Å². The molecule has 0 aromatic heterocycles. The summed E-state index contributed by atoms with van der Waals surface area (Å²) in [7, 11) is -3.88. The normalized spacial score (nSPS) is 10.8. The molecule has 2 rings (SSSR count). The molecule has 0 radical (unpaired) electrons. The minimum atomic E-state index is -3.88. The van der Waals surface area contributed by atoms with Gasteiger partial charge in [0.15, 0.2) is 0 Å². The Bertz CT molecular complexity index is 866. The van der Waals surface area contributed by atoms with E-state index in [0.717, 1.165) is 0 Å². The Morgan fingerprint density at radius 1 is 1.18 bits per heavy atom. The lowest BCUT2D eigenvalue weighted by Crippen LogP contribution is -2.16. The van der Waals surface area contributed by atoms with E-state index in [1.54, 1.807) is 37.3 Å². The Morgan fingerprint density at radius 3 is 2.36 bits per heavy atom. The van der Waals surface area contributed by atoms with E-state index in [2.05, 4.69) is 5.32 Å². The molecular formula is C15H13N3O3S. The van der Waals surface area contributed by atoms with Gasteiger partial charge in [-0.1, -0.05) is 0 Å². The second kappa shape index (κ2) is 5.97. The predicted molar refractivity (Wildman–Crippen MR) is 81.7 cm³/mol. The van der Waals surface area contributed by atoms with E-state index >= 15 is 0 Å². The summed E-state index contributed by atoms with van der Waals surface area (Å²) >= 11 is 0. The molecule has 2 aromatic rings. The molecule has 7 heteroatoms. The molecule has 0 saturated carbocycles. The van der Waals surface area contributed by atoms with Crippen molar-refractivity contribution in [3.05, 3.63) is 59.2 Å². The molecule has 3 N–H and O–H groups in total. The first-order valence-electron chi connectivity index (χ1n) is 6.25. The largest absolute Gasteiger partial charge is 0.322 e. The van der Waals surface area contributed by atoms with Crippen molar-refractivity contribution in [2.75, 3.05) is 5.32 Å². The lowest BCUT2D eigenvalue weighted by Gasteiger charge is -2.08. The van der Waals surface area contributed by atoms with Gasteiger partial charge in [-0.15, -0.1) is 0 Å². The maximum atomic E-state index is 12.2. The van der Waals surface area contributed by atoms with Gasteiger partial charge in [-0.2, -0.15) is 5.26 Å². The number of amides is 1. The zero-order chi connectivity index (χ0) is 16.3. The molecule has 0 aliphatic carbocycles. The molecule has 0 bridgehead atoms. The van der Waals surface area contributed by atoms with Gasteiger partial charge in [-0.25, -0.2) is 13.6 Å². The van der Waals surface area contributed by atoms with Gasteiger partial charge in [0.25, 0.3) is 5.91 Å². The van der Waals surface area contributed by atoms with Crippen molar-refractivity contribution in [3.63, 3.8) is 0 Å². The molecule has 2 aromatic carbocycles. The average Bonchev–Trinajstić information content (AvgIpc) is 2.46. The highest BCUT2D eigenvalue weighted by molar-refractivity contribution is 7.89. The molecular weight excluding hydrogens is 302 g/mol. The van der Waals surface area contributed by atoms with Crippen LogP contribution in [-0.2, 0) is 10.0 Å². The van der Waals surface area contributed by atoms with Crippen LogP contribution >= 0.6 is 0 Å². The molecule has 0 unspecified atom stereocenters. The first kappa shape index (κ1) is 15.7. The summed E-state index contributed by atoms with van der Waals surface area (Å²) in [6, 6.07) is 12.5. The lowest BCUT2D eigenvalue weighted by atomic mass is 10.1. The number of primary sulfonamides is 1. The third-order valence-electron chi connectivity index (χ3n) is 2.91. The zero-order valence-electron chi connectivity index (χ0n) is 11.7. The quantitative estimate of drug-likeness (QED) is 0.898. The van der Waals surface area contributed by atoms with Crippen LogP contribution in [0.4, 0.5) is 5.69 Å². The van der Waals surface area contributed by atoms with E-state index in [1.165, 1.54) is 12.1 Å². The van der Waals surface area contributed by atoms with Crippen molar-refractivity contribution in [2.24, 2.45) is 5.14 Å². The number of hydrogen-bond acceptors (Lipinski definition) is 4. The summed E-state index contributed by atoms with van der Waals surface area (Å²) in [5.41, 5.74) is 1.78. The van der Waals surface area contributed by atoms with Gasteiger partial charge < -0.3 is 5.32 Å². The minimum absolute atomic E-state index is 0.113. The maximum Gasteiger partial charge on any atom is 0.255 e. The number of benzene rings is 2. The van der Waals surface area contributed by atoms with Crippen molar-refractivity contribution in [1.29, 1.82) is 5.26 Å². The fraction of sp³-hybridized carbons (Fsp3) is 0.0667. The molecule has 0 spiro atoms. The van der Waals surface area contributed by atoms with E-state index < -0.39 is 15.9 Å². The zero-order valence-corrected chi connectivity index (χ0v) is 12.5. The van der Waals surface area contributed by atoms with E-state index in [-0.39, 0.29) is 10.5 Å². The van der Waals surface area contributed by atoms with Crippen molar-refractivity contribution in [3.8, 4) is 6.07 Å². The number of anilines is 1. The third-order valence-corrected chi connectivity index (χ3v) is 3.81. The van der Waals surface area contributed by atoms with Gasteiger partial charge >= 0.3 is 0 Å². The highest BCUT2D eigenvalue weighted by Crippen LogP contribution is 2.16. The smallest absolute Gasteiger partial charge is 0.255 e. The van der Waals surface area contributed by atoms with Crippen molar-refractivity contribution in [2.45, 2.75) is 11.8 Å². The highest BCUT2D eigenvalue weighted by Gasteiger charge is 2.13. The summed E-state index contributed by atoms with van der Waals surface area (Å²) in [5.74, 6) is -0.460. The molecule has 0 fully saturated rings. The Morgan fingerprint density at radius 2 is 1.82 bits per heavy atom. The Hall–Kier alpha value is -2.69. The Kier molecular flexibility index (Phi) is 4.26. The van der Waals surface area contributed by atoms with Crippen LogP contribution in [0.25, 0.3) is 0 Å². The molecule has 0 heterocycles. The molecule has 0 aliphatic rings. The van der Waals surface area contributed by atoms with Gasteiger partial charge in [0.05, 0.1) is 16.5 Å². The van der Waals surface area contributed by atoms with Gasteiger partial charge in [0.2, 0.25) is 10.0 Å². The fourth-order valence-corrected chi connectivity index (χ4v) is 2.52. The Balaban J connectivity index is 2.29. The fourth-order valence-electron chi connectivity index (χ4n) is 1.87. The Labute approximate surface area is 128 Å². The molecule has 6 nitrogen and oxygen atoms in total. The number of sulfonamides is 1. The van der Waals surface area contributed by atoms with Gasteiger partial charge in [-0.3, -0.25) is 4.79 Å². The van der Waals surface area contributed by atoms with Crippen LogP contribution in [0, 0.1) is 18.3 Å². The minimum Gasteiger partial charge on any atom is -0.322 e. The first-order chi connectivity index (χ1) is 10.3. The second-order valence-electron chi connectivity index (χ2n) is 4.72. The van der Waals surface area contributed by atoms with Crippen molar-refractivity contribution < 1.29 is 13.2 Å². The highest BCUT2D eigenvalue weighted by atomic mass is 32.2. The standard InChI is InChI=1S/C15H13N3O3S/c1-10-6-12(8-14(7-10)22(17,20)21)15(19)18-13-4-2-11(9-16)3-5-13/h2-8H,1H3,(H,18,19)(H2,17,20,21). The van der Waals surface area contributed by atoms with Crippen LogP contribution in [0.1, 0.15) is 21.5 Å². The van der Waals surface area contributed by atoms with Gasteiger partial charge in [0, 0.05) is 11.3 Å². The monoisotopic (exact) mass is 315 g/mol. The van der Waals surface area contributed by atoms with E-state index in [1.807, 2.05) is 6.07 Å². The van der Waals surface area contributed by atoms with Crippen LogP contribution < -0.4 is 10.5 Å². The van der Waals surface area contributed by atoms with E-state index in [4.69, 9.17) is 10.4 Å². The van der Waals surface area contributed by atoms with Crippen LogP contribution in [0.15, 0.2) is 47.4 Å². The first-order valence-corrected chi connectivity index (χ1v) is 7.80. The number of carbonyl (C=O) groups is 1. The predicted octanol–water partition coefficient (Wildman–Crippen LogP) is 1.77. The van der Waals surface area contributed by atoms with Crippen molar-refractivity contribution >= 4 is 21.6 Å². The molecule has 112 valence electrons. The molecule has 1 amide bonds. The number of hydrogen-bond donors (Lipinski definition) is 2. The van der Waals surface area contributed by atoms with Crippen molar-refractivity contribution in [1.82, 2.24) is 0 Å². The molecule has 0 atom stereocenters. The number of nitrogens with two attached hydrogens (primary N) is 1. The summed E-state index contributed by atoms with van der Waals surface area (Å²) in [6.07, 6.45) is 0. The number of nitrogens with one attached hydrogen (secondary N) is 1. The molecule has 0 saturated heterocycles. The SMILES string of the molecule is Cc1cc(C(=O)Nc2ccc(C#N)cc2)cc(S(N)(=O)=O)c1. The summed E-state index contributed by atoms with van der Waals surface area (Å²) in [4.78, 5) is 12.1. The number of carbonyl (C=O) groups excluding carboxylic acids is 1. The van der Waals surface area contributed by atoms with Gasteiger partial charge in [0.1, 0.15) is 0 Å². The molecule has 0 aliphatic heterocycles. The second-order valence-corrected chi connectivity index (χ2v) is 6.28. The molecule has 22 heavy (non-hydrogen) atoms. The number of aryl methyl sites for hydroxylation is 1. The average molecular weight is 315 g/mol. The maximum absolute atomic E-state index is 12.2. The van der Waals surface area contributed by atoms with Gasteiger partial charge in [-0.05, 0) is 55.0 Å². The summed E-state index contributed by atoms with van der Waals surface area (Å²) < 4.78 is 22.8. The lowest BCUT2D eigenvalue weighted by molar-refractivity contribution is 0.102. The summed E-state index contributed by atoms with van der Waals surface area (Å²) in [5, 5.41) is 16.4. The number of rotatable bonds is 3. The third kappa shape index (κ3) is 3.69. The van der Waals surface area contributed by atoms with E-state index in [9.17, 15) is 13.2 Å².